The summed E-state index contributed by atoms with van der Waals surface area (Å²) in [5, 5.41) is 7.68. The summed E-state index contributed by atoms with van der Waals surface area (Å²) in [5.74, 6) is -1.14. The first kappa shape index (κ1) is 29.0. The fourth-order valence-electron chi connectivity index (χ4n) is 4.34. The summed E-state index contributed by atoms with van der Waals surface area (Å²) in [4.78, 5) is 31.8. The molecular formula is C28H30F4N6O2. The number of pyridine rings is 1. The highest BCUT2D eigenvalue weighted by Gasteiger charge is 2.34. The van der Waals surface area contributed by atoms with E-state index >= 15 is 0 Å². The van der Waals surface area contributed by atoms with Crippen molar-refractivity contribution in [2.45, 2.75) is 19.6 Å². The molecule has 2 aromatic carbocycles. The van der Waals surface area contributed by atoms with E-state index in [1.807, 2.05) is 11.9 Å². The minimum Gasteiger partial charge on any atom is -0.374 e. The van der Waals surface area contributed by atoms with Crippen molar-refractivity contribution in [3.8, 4) is 11.1 Å². The maximum absolute atomic E-state index is 14.7. The second kappa shape index (κ2) is 12.4. The molecule has 0 aliphatic carbocycles. The number of likely N-dealkylation sites (N-methyl/N-ethyl adjacent to an activating group) is 1. The molecule has 0 atom stereocenters. The van der Waals surface area contributed by atoms with Gasteiger partial charge in [-0.25, -0.2) is 9.37 Å². The van der Waals surface area contributed by atoms with Gasteiger partial charge in [0.15, 0.2) is 0 Å². The predicted molar refractivity (Wildman–Crippen MR) is 145 cm³/mol. The third-order valence-corrected chi connectivity index (χ3v) is 6.50. The number of anilines is 3. The van der Waals surface area contributed by atoms with Crippen LogP contribution in [0.15, 0.2) is 54.7 Å². The molecular weight excluding hydrogens is 528 g/mol. The highest BCUT2D eigenvalue weighted by Crippen LogP contribution is 2.34. The Morgan fingerprint density at radius 3 is 2.30 bits per heavy atom. The van der Waals surface area contributed by atoms with Gasteiger partial charge in [0.2, 0.25) is 11.8 Å². The van der Waals surface area contributed by atoms with Gasteiger partial charge in [0.25, 0.3) is 0 Å². The largest absolute Gasteiger partial charge is 0.416 e. The Hall–Kier alpha value is -4.03. The van der Waals surface area contributed by atoms with Gasteiger partial charge in [-0.3, -0.25) is 14.5 Å². The lowest BCUT2D eigenvalue weighted by Crippen LogP contribution is -2.44. The van der Waals surface area contributed by atoms with E-state index in [2.05, 4.69) is 25.8 Å². The van der Waals surface area contributed by atoms with Crippen molar-refractivity contribution in [3.63, 3.8) is 0 Å². The standard InChI is InChI=1S/C28H30F4N6O2/c1-18(39)35-26-8-5-20(15-34-26)19-4-7-25(24(29)13-19)33-16-27(40)36-22-6-3-21(23(14-22)28(30,31)32)17-38-11-9-37(2)10-12-38/h3-8,13-15,33H,9-12,16-17H2,1-2H3,(H,36,40)(H,34,35,39). The number of nitrogens with zero attached hydrogens (tertiary/aromatic N) is 3. The van der Waals surface area contributed by atoms with Crippen molar-refractivity contribution < 1.29 is 27.2 Å². The topological polar surface area (TPSA) is 89.6 Å². The third-order valence-electron chi connectivity index (χ3n) is 6.50. The Bertz CT molecular complexity index is 1360. The fourth-order valence-corrected chi connectivity index (χ4v) is 4.34. The summed E-state index contributed by atoms with van der Waals surface area (Å²) in [5.41, 5.74) is 0.570. The molecule has 0 spiro atoms. The molecule has 0 bridgehead atoms. The molecule has 1 aromatic heterocycles. The van der Waals surface area contributed by atoms with E-state index in [0.29, 0.717) is 30.0 Å². The van der Waals surface area contributed by atoms with Crippen molar-refractivity contribution >= 4 is 29.0 Å². The first-order valence-corrected chi connectivity index (χ1v) is 12.7. The van der Waals surface area contributed by atoms with Crippen molar-refractivity contribution in [1.29, 1.82) is 0 Å². The SMILES string of the molecule is CC(=O)Nc1ccc(-c2ccc(NCC(=O)Nc3ccc(CN4CCN(C)CC4)c(C(F)(F)F)c3)c(F)c2)cn1. The second-order valence-corrected chi connectivity index (χ2v) is 9.66. The average Bonchev–Trinajstić information content (AvgIpc) is 2.89. The molecule has 212 valence electrons. The van der Waals surface area contributed by atoms with Crippen LogP contribution in [0.1, 0.15) is 18.1 Å². The average molecular weight is 559 g/mol. The van der Waals surface area contributed by atoms with E-state index < -0.39 is 23.5 Å². The molecule has 1 aliphatic heterocycles. The van der Waals surface area contributed by atoms with E-state index in [-0.39, 0.29) is 35.9 Å². The molecule has 40 heavy (non-hydrogen) atoms. The lowest BCUT2D eigenvalue weighted by molar-refractivity contribution is -0.138. The van der Waals surface area contributed by atoms with Crippen LogP contribution in [0.3, 0.4) is 0 Å². The lowest BCUT2D eigenvalue weighted by Gasteiger charge is -2.33. The highest BCUT2D eigenvalue weighted by atomic mass is 19.4. The van der Waals surface area contributed by atoms with Crippen LogP contribution in [0.25, 0.3) is 11.1 Å². The van der Waals surface area contributed by atoms with Gasteiger partial charge in [-0.15, -0.1) is 0 Å². The number of carbonyl (C=O) groups is 2. The van der Waals surface area contributed by atoms with Crippen molar-refractivity contribution in [1.82, 2.24) is 14.8 Å². The molecule has 3 aromatic rings. The Kier molecular flexibility index (Phi) is 9.00. The van der Waals surface area contributed by atoms with Crippen LogP contribution in [-0.4, -0.2) is 66.4 Å². The van der Waals surface area contributed by atoms with E-state index in [4.69, 9.17) is 0 Å². The Morgan fingerprint density at radius 2 is 1.68 bits per heavy atom. The van der Waals surface area contributed by atoms with Gasteiger partial charge in [0.05, 0.1) is 17.8 Å². The summed E-state index contributed by atoms with van der Waals surface area (Å²) in [6.07, 6.45) is -3.09. The number of hydrogen-bond donors (Lipinski definition) is 3. The molecule has 1 fully saturated rings. The Morgan fingerprint density at radius 1 is 0.950 bits per heavy atom. The van der Waals surface area contributed by atoms with Crippen molar-refractivity contribution in [2.24, 2.45) is 0 Å². The summed E-state index contributed by atoms with van der Waals surface area (Å²) in [7, 11) is 1.98. The summed E-state index contributed by atoms with van der Waals surface area (Å²) >= 11 is 0. The monoisotopic (exact) mass is 558 g/mol. The van der Waals surface area contributed by atoms with Crippen molar-refractivity contribution in [3.05, 3.63) is 71.7 Å². The molecule has 1 aliphatic rings. The second-order valence-electron chi connectivity index (χ2n) is 9.66. The number of aromatic nitrogens is 1. The number of benzene rings is 2. The smallest absolute Gasteiger partial charge is 0.374 e. The summed E-state index contributed by atoms with van der Waals surface area (Å²) < 4.78 is 56.1. The molecule has 12 heteroatoms. The van der Waals surface area contributed by atoms with Gasteiger partial charge < -0.3 is 20.9 Å². The Labute approximate surface area is 229 Å². The number of nitrogens with one attached hydrogen (secondary N) is 3. The van der Waals surface area contributed by atoms with Crippen LogP contribution in [0.4, 0.5) is 34.8 Å². The number of piperazine rings is 1. The maximum atomic E-state index is 14.7. The van der Waals surface area contributed by atoms with Crippen LogP contribution >= 0.6 is 0 Å². The minimum absolute atomic E-state index is 0.00674. The van der Waals surface area contributed by atoms with Gasteiger partial charge in [-0.05, 0) is 54.6 Å². The zero-order valence-corrected chi connectivity index (χ0v) is 22.1. The molecule has 0 saturated carbocycles. The number of hydrogen-bond acceptors (Lipinski definition) is 6. The summed E-state index contributed by atoms with van der Waals surface area (Å²) in [6.45, 7) is 4.11. The van der Waals surface area contributed by atoms with E-state index in [1.54, 1.807) is 18.2 Å². The maximum Gasteiger partial charge on any atom is 0.416 e. The zero-order chi connectivity index (χ0) is 28.9. The molecule has 3 N–H and O–H groups in total. The minimum atomic E-state index is -4.58. The number of carbonyl (C=O) groups excluding carboxylic acids is 2. The zero-order valence-electron chi connectivity index (χ0n) is 22.1. The number of amides is 2. The normalized spacial score (nSPS) is 14.6. The van der Waals surface area contributed by atoms with Crippen LogP contribution in [0.2, 0.25) is 0 Å². The van der Waals surface area contributed by atoms with Crippen LogP contribution < -0.4 is 16.0 Å². The fraction of sp³-hybridized carbons (Fsp3) is 0.321. The molecule has 0 radical (unpaired) electrons. The van der Waals surface area contributed by atoms with Gasteiger partial charge >= 0.3 is 6.18 Å². The highest BCUT2D eigenvalue weighted by molar-refractivity contribution is 5.94. The molecule has 0 unspecified atom stereocenters. The first-order valence-electron chi connectivity index (χ1n) is 12.7. The van der Waals surface area contributed by atoms with E-state index in [0.717, 1.165) is 19.2 Å². The van der Waals surface area contributed by atoms with Gasteiger partial charge in [0.1, 0.15) is 11.6 Å². The Balaban J connectivity index is 1.37. The van der Waals surface area contributed by atoms with Gasteiger partial charge in [0, 0.05) is 57.1 Å². The molecule has 4 rings (SSSR count). The number of halogens is 4. The molecule has 2 heterocycles. The van der Waals surface area contributed by atoms with Gasteiger partial charge in [-0.1, -0.05) is 12.1 Å². The van der Waals surface area contributed by atoms with Crippen LogP contribution in [0.5, 0.6) is 0 Å². The van der Waals surface area contributed by atoms with E-state index in [9.17, 15) is 27.2 Å². The first-order chi connectivity index (χ1) is 19.0. The van der Waals surface area contributed by atoms with Crippen LogP contribution in [0, 0.1) is 5.82 Å². The van der Waals surface area contributed by atoms with Gasteiger partial charge in [-0.2, -0.15) is 13.2 Å². The predicted octanol–water partition coefficient (Wildman–Crippen LogP) is 4.66. The number of alkyl halides is 3. The van der Waals surface area contributed by atoms with Crippen LogP contribution in [-0.2, 0) is 22.3 Å². The van der Waals surface area contributed by atoms with Crippen molar-refractivity contribution in [2.75, 3.05) is 55.7 Å². The summed E-state index contributed by atoms with van der Waals surface area (Å²) in [6, 6.07) is 11.4. The molecule has 8 nitrogen and oxygen atoms in total. The quantitative estimate of drug-likeness (QED) is 0.349. The third kappa shape index (κ3) is 7.76. The molecule has 2 amide bonds. The lowest BCUT2D eigenvalue weighted by atomic mass is 10.0. The number of rotatable bonds is 8. The van der Waals surface area contributed by atoms with E-state index in [1.165, 1.54) is 37.4 Å². The molecule has 1 saturated heterocycles.